The van der Waals surface area contributed by atoms with Gasteiger partial charge in [-0.25, -0.2) is 4.79 Å². The van der Waals surface area contributed by atoms with E-state index in [1.54, 1.807) is 13.8 Å². The van der Waals surface area contributed by atoms with Gasteiger partial charge < -0.3 is 29.2 Å². The number of nitrogens with zero attached hydrogens (tertiary/aromatic N) is 2. The number of carbonyl (C=O) groups is 2. The summed E-state index contributed by atoms with van der Waals surface area (Å²) in [6.07, 6.45) is 10.5. The molecule has 0 spiro atoms. The van der Waals surface area contributed by atoms with Crippen molar-refractivity contribution >= 4 is 132 Å². The molecule has 8 aromatic rings. The molecule has 0 aliphatic carbocycles. The van der Waals surface area contributed by atoms with E-state index >= 15 is 0 Å². The maximum Gasteiger partial charge on any atom is 0.330 e. The molecular weight excluding hydrogens is 1710 g/mol. The SMILES string of the molecule is C.C=CC(=O)OCC.CC(CC(C)c1ccc(CCl)cc1)c1ccc(CCl)cc1.CCC(CC(CC(OPP)c1ccc(CCl)cc1)c1ccc(CCl)cc1)c1ccc(CN2CCCNCCN(Cc3ccc(C(CC(CC)c4ccc(CCl)cc4)CC(OPP)c4ccc(CCl)cc4)cc3)CCCNCC2)cc1.CCOC(=O)CBr. The second kappa shape index (κ2) is 60.6. The molecule has 0 aromatic heterocycles. The van der Waals surface area contributed by atoms with Crippen LogP contribution in [0.1, 0.15) is 243 Å². The van der Waals surface area contributed by atoms with Crippen LogP contribution in [0.4, 0.5) is 0 Å². The number of rotatable bonds is 38. The fourth-order valence-electron chi connectivity index (χ4n) is 14.6. The zero-order valence-corrected chi connectivity index (χ0v) is 78.8. The quantitative estimate of drug-likeness (QED) is 0.0168. The van der Waals surface area contributed by atoms with E-state index in [0.29, 0.717) is 106 Å². The van der Waals surface area contributed by atoms with Crippen molar-refractivity contribution in [2.45, 2.75) is 203 Å². The Balaban J connectivity index is 0.000000546. The van der Waals surface area contributed by atoms with Crippen molar-refractivity contribution in [3.05, 3.63) is 296 Å². The molecule has 116 heavy (non-hydrogen) atoms. The van der Waals surface area contributed by atoms with Gasteiger partial charge >= 0.3 is 11.9 Å². The van der Waals surface area contributed by atoms with Crippen molar-refractivity contribution in [3.63, 3.8) is 0 Å². The second-order valence-corrected chi connectivity index (χ2v) is 33.9. The molecule has 8 aromatic carbocycles. The Morgan fingerprint density at radius 3 is 0.948 bits per heavy atom. The standard InChI is InChI=1S/C66H88Cl4N4O2P4.C19H22Cl2.C5H8O2.C4H7BrO2.CH4/c1-3-55(57-19-7-49(43-67)8-20-57)39-64(42-66(76-80-78)62-29-13-52(46-70)14-30-62)60-25-17-54(18-26-60)48-74-36-6-32-71-33-37-73(35-5-31-72-34-38-74)47-53-15-23-58(24-16-53)56(4-2)40-63(59-21-9-50(44-68)10-22-59)41-65(75-79-77)61-27-11-51(45-69)12-28-61;1-14(18-7-3-16(12-20)4-8-18)11-15(2)19-9-5-17(13-21)6-10-19;1-3-5(6)7-4-2;1-2-7-4(6)3-5;/h7-30,55-56,63-66,71-72,79-80H,3-6,31-48,77-78H2,1-2H3;3-10,14-15H,11-13H2,1-2H3;3H,1,4H2,2H3;2-3H2,1H3;1H4. The van der Waals surface area contributed by atoms with Gasteiger partial charge in [0.15, 0.2) is 0 Å². The first kappa shape index (κ1) is 103. The largest absolute Gasteiger partial charge is 0.465 e. The summed E-state index contributed by atoms with van der Waals surface area (Å²) in [7, 11) is 6.22. The van der Waals surface area contributed by atoms with Gasteiger partial charge in [0, 0.05) is 97.6 Å². The minimum atomic E-state index is -0.359. The summed E-state index contributed by atoms with van der Waals surface area (Å²) < 4.78 is 21.9. The molecule has 10 nitrogen and oxygen atoms in total. The number of carbonyl (C=O) groups excluding carboxylic acids is 2. The molecule has 1 fully saturated rings. The topological polar surface area (TPSA) is 102 Å². The van der Waals surface area contributed by atoms with Crippen molar-refractivity contribution in [1.82, 2.24) is 20.4 Å². The van der Waals surface area contributed by atoms with Crippen molar-refractivity contribution in [3.8, 4) is 0 Å². The predicted molar refractivity (Wildman–Crippen MR) is 514 cm³/mol. The summed E-state index contributed by atoms with van der Waals surface area (Å²) in [6, 6.07) is 71.6. The average Bonchev–Trinajstić information content (AvgIpc) is 0.834. The summed E-state index contributed by atoms with van der Waals surface area (Å²) in [4.78, 5) is 25.5. The van der Waals surface area contributed by atoms with Gasteiger partial charge in [-0.3, -0.25) is 14.6 Å². The predicted octanol–water partition coefficient (Wildman–Crippen LogP) is 27.1. The van der Waals surface area contributed by atoms with E-state index in [2.05, 4.69) is 292 Å². The monoisotopic (exact) mass is 1830 g/mol. The number of alkyl halides is 7. The van der Waals surface area contributed by atoms with E-state index in [1.165, 1.54) is 66.8 Å². The highest BCUT2D eigenvalue weighted by Crippen LogP contribution is 2.45. The molecule has 0 bridgehead atoms. The van der Waals surface area contributed by atoms with Gasteiger partial charge in [-0.15, -0.1) is 69.6 Å². The molecule has 1 saturated heterocycles. The summed E-state index contributed by atoms with van der Waals surface area (Å²) in [5.41, 5.74) is 20.3. The Morgan fingerprint density at radius 1 is 0.414 bits per heavy atom. The van der Waals surface area contributed by atoms with E-state index in [1.807, 2.05) is 0 Å². The zero-order valence-electron chi connectivity index (χ0n) is 68.3. The van der Waals surface area contributed by atoms with Gasteiger partial charge in [-0.1, -0.05) is 270 Å². The van der Waals surface area contributed by atoms with Gasteiger partial charge in [-0.2, -0.15) is 0 Å². The first-order valence-electron chi connectivity index (χ1n) is 40.7. The van der Waals surface area contributed by atoms with E-state index in [9.17, 15) is 9.59 Å². The third kappa shape index (κ3) is 37.9. The smallest absolute Gasteiger partial charge is 0.330 e. The van der Waals surface area contributed by atoms with Crippen LogP contribution in [0.25, 0.3) is 0 Å². The number of hydrogen-bond acceptors (Lipinski definition) is 10. The normalized spacial score (nSPS) is 15.3. The molecule has 634 valence electrons. The molecule has 2 N–H and O–H groups in total. The van der Waals surface area contributed by atoms with Crippen LogP contribution in [-0.4, -0.2) is 92.6 Å². The van der Waals surface area contributed by atoms with Crippen LogP contribution in [0.5, 0.6) is 0 Å². The van der Waals surface area contributed by atoms with Crippen LogP contribution in [0.3, 0.4) is 0 Å². The minimum Gasteiger partial charge on any atom is -0.465 e. The number of esters is 2. The number of hydrogen-bond donors (Lipinski definition) is 2. The Labute approximate surface area is 744 Å². The molecule has 1 aliphatic heterocycles. The minimum absolute atomic E-state index is 0. The maximum atomic E-state index is 10.1. The van der Waals surface area contributed by atoms with Crippen molar-refractivity contribution in [2.75, 3.05) is 70.9 Å². The lowest BCUT2D eigenvalue weighted by atomic mass is 9.80. The Bertz CT molecular complexity index is 3860. The molecule has 0 saturated carbocycles. The third-order valence-corrected chi connectivity index (χ3v) is 25.3. The van der Waals surface area contributed by atoms with Crippen LogP contribution < -0.4 is 10.6 Å². The zero-order chi connectivity index (χ0) is 83.0. The fraction of sp³-hybridized carbons (Fsp3) is 0.453. The van der Waals surface area contributed by atoms with Crippen molar-refractivity contribution in [1.29, 1.82) is 0 Å². The molecule has 12 unspecified atom stereocenters. The first-order valence-corrected chi connectivity index (χ1v) is 50.4. The molecular formula is C95H129BrCl6N4O6P4. The lowest BCUT2D eigenvalue weighted by Crippen LogP contribution is -2.38. The Morgan fingerprint density at radius 2 is 0.698 bits per heavy atom. The van der Waals surface area contributed by atoms with E-state index in [-0.39, 0.29) is 31.6 Å². The highest BCUT2D eigenvalue weighted by atomic mass is 79.9. The highest BCUT2D eigenvalue weighted by molar-refractivity contribution is 9.09. The molecule has 1 heterocycles. The average molecular weight is 1840 g/mol. The molecule has 9 rings (SSSR count). The first-order chi connectivity index (χ1) is 56.0. The number of halogens is 7. The van der Waals surface area contributed by atoms with Crippen LogP contribution >= 0.6 is 120 Å². The van der Waals surface area contributed by atoms with Crippen LogP contribution in [-0.2, 0) is 76.5 Å². The second-order valence-electron chi connectivity index (χ2n) is 29.4. The molecule has 12 atom stereocenters. The van der Waals surface area contributed by atoms with Gasteiger partial charge in [0.2, 0.25) is 0 Å². The number of benzene rings is 8. The van der Waals surface area contributed by atoms with Gasteiger partial charge in [0.1, 0.15) is 5.33 Å². The molecule has 1 aliphatic rings. The lowest BCUT2D eigenvalue weighted by molar-refractivity contribution is -0.140. The Kier molecular flexibility index (Phi) is 53.7. The van der Waals surface area contributed by atoms with Gasteiger partial charge in [-0.05, 0) is 222 Å². The van der Waals surface area contributed by atoms with Crippen LogP contribution in [0.15, 0.2) is 207 Å². The lowest BCUT2D eigenvalue weighted by Gasteiger charge is -2.28. The van der Waals surface area contributed by atoms with Crippen molar-refractivity contribution < 1.29 is 28.1 Å². The molecule has 21 heteroatoms. The van der Waals surface area contributed by atoms with Crippen LogP contribution in [0, 0.1) is 0 Å². The van der Waals surface area contributed by atoms with E-state index in [4.69, 9.17) is 78.7 Å². The number of ether oxygens (including phenoxy) is 2. The summed E-state index contributed by atoms with van der Waals surface area (Å²) in [5.74, 6) is 5.22. The molecule has 0 radical (unpaired) electrons. The van der Waals surface area contributed by atoms with E-state index < -0.39 is 0 Å². The summed E-state index contributed by atoms with van der Waals surface area (Å²) in [6.45, 7) is 26.9. The Hall–Kier alpha value is -3.86. The van der Waals surface area contributed by atoms with Crippen LogP contribution in [0.2, 0.25) is 0 Å². The number of nitrogens with one attached hydrogen (secondary N) is 2. The fourth-order valence-corrected chi connectivity index (χ4v) is 17.6. The van der Waals surface area contributed by atoms with Gasteiger partial charge in [0.05, 0.1) is 25.4 Å². The summed E-state index contributed by atoms with van der Waals surface area (Å²) >= 11 is 39.4. The van der Waals surface area contributed by atoms with Crippen molar-refractivity contribution in [2.24, 2.45) is 0 Å². The molecule has 0 amide bonds. The third-order valence-electron chi connectivity index (χ3n) is 21.3. The maximum absolute atomic E-state index is 10.1. The van der Waals surface area contributed by atoms with Gasteiger partial charge in [0.25, 0.3) is 0 Å². The summed E-state index contributed by atoms with van der Waals surface area (Å²) in [5, 5.41) is 7.93. The highest BCUT2D eigenvalue weighted by Gasteiger charge is 2.27. The van der Waals surface area contributed by atoms with E-state index in [0.717, 1.165) is 152 Å².